The summed E-state index contributed by atoms with van der Waals surface area (Å²) in [6.45, 7) is 2.53. The molecule has 4 rings (SSSR count). The van der Waals surface area contributed by atoms with Crippen LogP contribution in [0.1, 0.15) is 23.1 Å². The van der Waals surface area contributed by atoms with E-state index in [4.69, 9.17) is 16.3 Å². The van der Waals surface area contributed by atoms with Crippen molar-refractivity contribution in [3.8, 4) is 17.0 Å². The zero-order valence-corrected chi connectivity index (χ0v) is 17.1. The van der Waals surface area contributed by atoms with Crippen molar-refractivity contribution in [3.05, 3.63) is 82.5 Å². The van der Waals surface area contributed by atoms with E-state index in [1.54, 1.807) is 6.20 Å². The first-order chi connectivity index (χ1) is 14.1. The molecule has 0 spiro atoms. The number of hydrogen-bond acceptors (Lipinski definition) is 3. The van der Waals surface area contributed by atoms with E-state index in [9.17, 15) is 4.79 Å². The summed E-state index contributed by atoms with van der Waals surface area (Å²) in [5.74, 6) is 0.884. The van der Waals surface area contributed by atoms with E-state index < -0.39 is 0 Å². The Morgan fingerprint density at radius 2 is 2.03 bits per heavy atom. The number of carbonyl (C=O) groups excluding carboxylic acids is 1. The quantitative estimate of drug-likeness (QED) is 0.641. The lowest BCUT2D eigenvalue weighted by Gasteiger charge is -2.14. The van der Waals surface area contributed by atoms with Crippen LogP contribution in [0.25, 0.3) is 11.3 Å². The van der Waals surface area contributed by atoms with E-state index in [2.05, 4.69) is 16.4 Å². The number of nitrogens with zero attached hydrogens (tertiary/aromatic N) is 1. The summed E-state index contributed by atoms with van der Waals surface area (Å²) in [6, 6.07) is 17.8. The molecule has 0 saturated carbocycles. The molecule has 0 bridgehead atoms. The van der Waals surface area contributed by atoms with Gasteiger partial charge < -0.3 is 10.1 Å². The number of aromatic nitrogens is 1. The first kappa shape index (κ1) is 19.5. The van der Waals surface area contributed by atoms with Crippen molar-refractivity contribution >= 4 is 17.5 Å². The van der Waals surface area contributed by atoms with Gasteiger partial charge in [0.1, 0.15) is 11.9 Å². The van der Waals surface area contributed by atoms with Gasteiger partial charge in [0, 0.05) is 29.6 Å². The highest BCUT2D eigenvalue weighted by atomic mass is 35.5. The zero-order valence-electron chi connectivity index (χ0n) is 16.3. The van der Waals surface area contributed by atoms with E-state index in [0.717, 1.165) is 40.1 Å². The summed E-state index contributed by atoms with van der Waals surface area (Å²) < 4.78 is 6.20. The Bertz CT molecular complexity index is 1030. The highest BCUT2D eigenvalue weighted by Crippen LogP contribution is 2.38. The molecule has 1 aliphatic heterocycles. The lowest BCUT2D eigenvalue weighted by molar-refractivity contribution is -0.121. The molecule has 0 radical (unpaired) electrons. The molecule has 0 fully saturated rings. The fourth-order valence-corrected chi connectivity index (χ4v) is 3.90. The highest BCUT2D eigenvalue weighted by molar-refractivity contribution is 6.31. The number of pyridine rings is 1. The van der Waals surface area contributed by atoms with Gasteiger partial charge in [-0.15, -0.1) is 0 Å². The number of rotatable bonds is 6. The fourth-order valence-electron chi connectivity index (χ4n) is 3.67. The van der Waals surface area contributed by atoms with E-state index in [1.807, 2.05) is 55.5 Å². The number of halogens is 1. The minimum absolute atomic E-state index is 0.00488. The number of aryl methyl sites for hydroxylation is 2. The maximum Gasteiger partial charge on any atom is 0.220 e. The summed E-state index contributed by atoms with van der Waals surface area (Å²) >= 11 is 6.16. The van der Waals surface area contributed by atoms with Crippen LogP contribution in [0.4, 0.5) is 0 Å². The lowest BCUT2D eigenvalue weighted by Crippen LogP contribution is -2.34. The monoisotopic (exact) mass is 406 g/mol. The molecule has 1 atom stereocenters. The standard InChI is InChI=1S/C24H23ClN2O2/c1-16-6-5-13-26-23(16)20-9-4-8-18-14-19(29-24(18)20)15-27-22(28)12-11-17-7-2-3-10-21(17)25/h2-10,13,19H,11-12,14-15H2,1H3,(H,27,28). The number of nitrogens with one attached hydrogen (secondary N) is 1. The van der Waals surface area contributed by atoms with Gasteiger partial charge in [-0.25, -0.2) is 0 Å². The lowest BCUT2D eigenvalue weighted by atomic mass is 10.0. The molecule has 4 nitrogen and oxygen atoms in total. The SMILES string of the molecule is Cc1cccnc1-c1cccc2c1OC(CNC(=O)CCc1ccccc1Cl)C2. The van der Waals surface area contributed by atoms with Crippen LogP contribution in [0.3, 0.4) is 0 Å². The summed E-state index contributed by atoms with van der Waals surface area (Å²) in [7, 11) is 0. The van der Waals surface area contributed by atoms with Gasteiger partial charge in [0.05, 0.1) is 12.2 Å². The van der Waals surface area contributed by atoms with Crippen LogP contribution < -0.4 is 10.1 Å². The largest absolute Gasteiger partial charge is 0.487 e. The van der Waals surface area contributed by atoms with Gasteiger partial charge in [0.2, 0.25) is 5.91 Å². The van der Waals surface area contributed by atoms with Crippen molar-refractivity contribution in [1.29, 1.82) is 0 Å². The third-order valence-corrected chi connectivity index (χ3v) is 5.57. The summed E-state index contributed by atoms with van der Waals surface area (Å²) in [5, 5.41) is 3.70. The summed E-state index contributed by atoms with van der Waals surface area (Å²) in [4.78, 5) is 16.8. The molecule has 1 aromatic heterocycles. The van der Waals surface area contributed by atoms with Crippen molar-refractivity contribution in [2.45, 2.75) is 32.3 Å². The molecular weight excluding hydrogens is 384 g/mol. The third-order valence-electron chi connectivity index (χ3n) is 5.20. The molecule has 3 aromatic rings. The van der Waals surface area contributed by atoms with Crippen LogP contribution in [-0.2, 0) is 17.6 Å². The Morgan fingerprint density at radius 1 is 1.17 bits per heavy atom. The molecule has 2 aromatic carbocycles. The molecule has 0 saturated heterocycles. The van der Waals surface area contributed by atoms with Crippen molar-refractivity contribution in [2.24, 2.45) is 0 Å². The average molecular weight is 407 g/mol. The van der Waals surface area contributed by atoms with Crippen molar-refractivity contribution in [2.75, 3.05) is 6.54 Å². The number of amides is 1. The maximum atomic E-state index is 12.3. The van der Waals surface area contributed by atoms with E-state index in [1.165, 1.54) is 0 Å². The number of ether oxygens (including phenoxy) is 1. The Labute approximate surface area is 175 Å². The fraction of sp³-hybridized carbons (Fsp3) is 0.250. The van der Waals surface area contributed by atoms with Crippen LogP contribution in [-0.4, -0.2) is 23.5 Å². The predicted octanol–water partition coefficient (Wildman–Crippen LogP) is 4.76. The summed E-state index contributed by atoms with van der Waals surface area (Å²) in [5.41, 5.74) is 5.20. The molecule has 1 N–H and O–H groups in total. The predicted molar refractivity (Wildman–Crippen MR) is 115 cm³/mol. The maximum absolute atomic E-state index is 12.3. The Kier molecular flexibility index (Phi) is 5.81. The second kappa shape index (κ2) is 8.66. The minimum atomic E-state index is -0.0700. The van der Waals surface area contributed by atoms with Crippen LogP contribution in [0.2, 0.25) is 5.02 Å². The first-order valence-corrected chi connectivity index (χ1v) is 10.2. The molecule has 1 aliphatic rings. The van der Waals surface area contributed by atoms with Gasteiger partial charge >= 0.3 is 0 Å². The van der Waals surface area contributed by atoms with Crippen LogP contribution in [0, 0.1) is 6.92 Å². The van der Waals surface area contributed by atoms with Gasteiger partial charge in [-0.2, -0.15) is 0 Å². The number of fused-ring (bicyclic) bond motifs is 1. The van der Waals surface area contributed by atoms with Crippen molar-refractivity contribution in [1.82, 2.24) is 10.3 Å². The smallest absolute Gasteiger partial charge is 0.220 e. The van der Waals surface area contributed by atoms with Crippen molar-refractivity contribution in [3.63, 3.8) is 0 Å². The van der Waals surface area contributed by atoms with E-state index in [0.29, 0.717) is 24.4 Å². The minimum Gasteiger partial charge on any atom is -0.487 e. The van der Waals surface area contributed by atoms with Gasteiger partial charge in [0.25, 0.3) is 0 Å². The normalized spacial score (nSPS) is 14.9. The third kappa shape index (κ3) is 4.43. The molecule has 0 aliphatic carbocycles. The van der Waals surface area contributed by atoms with Crippen molar-refractivity contribution < 1.29 is 9.53 Å². The van der Waals surface area contributed by atoms with Gasteiger partial charge in [-0.1, -0.05) is 48.0 Å². The topological polar surface area (TPSA) is 51.2 Å². The Balaban J connectivity index is 1.36. The van der Waals surface area contributed by atoms with Crippen LogP contribution in [0.5, 0.6) is 5.75 Å². The average Bonchev–Trinajstić information content (AvgIpc) is 3.15. The van der Waals surface area contributed by atoms with Crippen LogP contribution in [0.15, 0.2) is 60.8 Å². The molecule has 1 amide bonds. The Hall–Kier alpha value is -2.85. The second-order valence-corrected chi connectivity index (χ2v) is 7.71. The first-order valence-electron chi connectivity index (χ1n) is 9.82. The number of carbonyl (C=O) groups is 1. The molecule has 1 unspecified atom stereocenters. The zero-order chi connectivity index (χ0) is 20.2. The van der Waals surface area contributed by atoms with E-state index >= 15 is 0 Å². The number of benzene rings is 2. The van der Waals surface area contributed by atoms with Crippen LogP contribution >= 0.6 is 11.6 Å². The number of para-hydroxylation sites is 1. The molecule has 2 heterocycles. The molecule has 148 valence electrons. The summed E-state index contributed by atoms with van der Waals surface area (Å²) in [6.07, 6.45) is 3.54. The molecule has 29 heavy (non-hydrogen) atoms. The second-order valence-electron chi connectivity index (χ2n) is 7.30. The molecule has 5 heteroatoms. The van der Waals surface area contributed by atoms with E-state index in [-0.39, 0.29) is 12.0 Å². The van der Waals surface area contributed by atoms with Gasteiger partial charge in [0.15, 0.2) is 0 Å². The molecular formula is C24H23ClN2O2. The highest BCUT2D eigenvalue weighted by Gasteiger charge is 2.26. The van der Waals surface area contributed by atoms with Gasteiger partial charge in [-0.3, -0.25) is 9.78 Å². The van der Waals surface area contributed by atoms with Gasteiger partial charge in [-0.05, 0) is 48.2 Å². The Morgan fingerprint density at radius 3 is 2.86 bits per heavy atom. The number of hydrogen-bond donors (Lipinski definition) is 1.